The largest absolute Gasteiger partial charge is 0.379 e. The van der Waals surface area contributed by atoms with Crippen molar-refractivity contribution in [3.63, 3.8) is 0 Å². The molecule has 1 aliphatic rings. The Bertz CT molecular complexity index is 521. The number of amides is 1. The van der Waals surface area contributed by atoms with Gasteiger partial charge in [-0.15, -0.1) is 0 Å². The average Bonchev–Trinajstić information content (AvgIpc) is 3.00. The maximum absolute atomic E-state index is 12.6. The van der Waals surface area contributed by atoms with Crippen molar-refractivity contribution in [1.29, 1.82) is 5.26 Å². The second-order valence-electron chi connectivity index (χ2n) is 5.26. The molecule has 112 valence electrons. The number of ether oxygens (including phenoxy) is 1. The van der Waals surface area contributed by atoms with Gasteiger partial charge in [-0.05, 0) is 37.2 Å². The van der Waals surface area contributed by atoms with Crippen molar-refractivity contribution in [3.8, 4) is 6.07 Å². The summed E-state index contributed by atoms with van der Waals surface area (Å²) in [6, 6.07) is 9.18. The summed E-state index contributed by atoms with van der Waals surface area (Å²) in [6.07, 6.45) is 1.03. The summed E-state index contributed by atoms with van der Waals surface area (Å²) in [5.41, 5.74) is 1.38. The van der Waals surface area contributed by atoms with E-state index >= 15 is 0 Å². The molecule has 5 heteroatoms. The summed E-state index contributed by atoms with van der Waals surface area (Å²) in [7, 11) is 1.76. The van der Waals surface area contributed by atoms with E-state index in [1.54, 1.807) is 36.2 Å². The van der Waals surface area contributed by atoms with Crippen LogP contribution in [0.15, 0.2) is 24.3 Å². The number of hydrogen-bond donors (Lipinski definition) is 1. The molecule has 0 bridgehead atoms. The third-order valence-electron chi connectivity index (χ3n) is 3.77. The fourth-order valence-corrected chi connectivity index (χ4v) is 2.46. The van der Waals surface area contributed by atoms with Gasteiger partial charge in [-0.1, -0.05) is 6.92 Å². The zero-order valence-corrected chi connectivity index (χ0v) is 12.5. The standard InChI is InChI=1S/C16H21N3O2/c1-3-8-18-15-11-21-10-14(15)16(20)19(2)13-6-4-12(9-17)5-7-13/h4-7,14-15,18H,3,8,10-11H2,1-2H3. The second-order valence-corrected chi connectivity index (χ2v) is 5.26. The monoisotopic (exact) mass is 287 g/mol. The van der Waals surface area contributed by atoms with Crippen LogP contribution in [-0.2, 0) is 9.53 Å². The number of hydrogen-bond acceptors (Lipinski definition) is 4. The second kappa shape index (κ2) is 7.21. The fraction of sp³-hybridized carbons (Fsp3) is 0.500. The first-order valence-electron chi connectivity index (χ1n) is 7.26. The van der Waals surface area contributed by atoms with Gasteiger partial charge in [0.05, 0.1) is 30.8 Å². The highest BCUT2D eigenvalue weighted by molar-refractivity contribution is 5.95. The molecule has 1 saturated heterocycles. The lowest BCUT2D eigenvalue weighted by Gasteiger charge is -2.24. The number of anilines is 1. The average molecular weight is 287 g/mol. The van der Waals surface area contributed by atoms with Crippen molar-refractivity contribution < 1.29 is 9.53 Å². The maximum Gasteiger partial charge on any atom is 0.233 e. The summed E-state index contributed by atoms with van der Waals surface area (Å²) < 4.78 is 5.46. The highest BCUT2D eigenvalue weighted by atomic mass is 16.5. The summed E-state index contributed by atoms with van der Waals surface area (Å²) >= 11 is 0. The first-order chi connectivity index (χ1) is 10.2. The quantitative estimate of drug-likeness (QED) is 0.892. The minimum absolute atomic E-state index is 0.0470. The van der Waals surface area contributed by atoms with Gasteiger partial charge >= 0.3 is 0 Å². The van der Waals surface area contributed by atoms with E-state index in [4.69, 9.17) is 10.00 Å². The van der Waals surface area contributed by atoms with Crippen LogP contribution in [0.1, 0.15) is 18.9 Å². The van der Waals surface area contributed by atoms with E-state index in [1.807, 2.05) is 0 Å². The minimum Gasteiger partial charge on any atom is -0.379 e. The van der Waals surface area contributed by atoms with Gasteiger partial charge in [0.25, 0.3) is 0 Å². The Kier molecular flexibility index (Phi) is 5.32. The Labute approximate surface area is 125 Å². The molecule has 0 spiro atoms. The molecule has 0 aliphatic carbocycles. The highest BCUT2D eigenvalue weighted by Crippen LogP contribution is 2.21. The Hall–Kier alpha value is -1.90. The molecular formula is C16H21N3O2. The summed E-state index contributed by atoms with van der Waals surface area (Å²) in [6.45, 7) is 4.03. The van der Waals surface area contributed by atoms with Crippen molar-refractivity contribution in [2.45, 2.75) is 19.4 Å². The number of nitrogens with one attached hydrogen (secondary N) is 1. The lowest BCUT2D eigenvalue weighted by molar-refractivity contribution is -0.122. The maximum atomic E-state index is 12.6. The molecule has 1 heterocycles. The van der Waals surface area contributed by atoms with Crippen molar-refractivity contribution in [2.75, 3.05) is 31.7 Å². The van der Waals surface area contributed by atoms with Gasteiger partial charge in [-0.3, -0.25) is 4.79 Å². The number of carbonyl (C=O) groups is 1. The summed E-state index contributed by atoms with van der Waals surface area (Å²) in [5, 5.41) is 12.2. The van der Waals surface area contributed by atoms with Crippen molar-refractivity contribution in [2.24, 2.45) is 5.92 Å². The smallest absolute Gasteiger partial charge is 0.233 e. The summed E-state index contributed by atoms with van der Waals surface area (Å²) in [4.78, 5) is 14.3. The first-order valence-corrected chi connectivity index (χ1v) is 7.26. The Balaban J connectivity index is 2.05. The molecule has 5 nitrogen and oxygen atoms in total. The van der Waals surface area contributed by atoms with Crippen LogP contribution < -0.4 is 10.2 Å². The highest BCUT2D eigenvalue weighted by Gasteiger charge is 2.35. The van der Waals surface area contributed by atoms with Gasteiger partial charge in [0.15, 0.2) is 0 Å². The third-order valence-corrected chi connectivity index (χ3v) is 3.77. The molecule has 2 rings (SSSR count). The van der Waals surface area contributed by atoms with Gasteiger partial charge in [-0.25, -0.2) is 0 Å². The van der Waals surface area contributed by atoms with Gasteiger partial charge < -0.3 is 15.0 Å². The molecule has 1 N–H and O–H groups in total. The predicted molar refractivity (Wildman–Crippen MR) is 81.0 cm³/mol. The van der Waals surface area contributed by atoms with E-state index in [2.05, 4.69) is 18.3 Å². The first kappa shape index (κ1) is 15.5. The van der Waals surface area contributed by atoms with Crippen LogP contribution in [0.4, 0.5) is 5.69 Å². The van der Waals surface area contributed by atoms with E-state index in [0.717, 1.165) is 18.7 Å². The molecule has 1 aromatic carbocycles. The van der Waals surface area contributed by atoms with Crippen molar-refractivity contribution in [3.05, 3.63) is 29.8 Å². The lowest BCUT2D eigenvalue weighted by atomic mass is 10.0. The Morgan fingerprint density at radius 1 is 1.43 bits per heavy atom. The topological polar surface area (TPSA) is 65.4 Å². The molecule has 1 amide bonds. The van der Waals surface area contributed by atoms with Crippen molar-refractivity contribution >= 4 is 11.6 Å². The number of nitrogens with zero attached hydrogens (tertiary/aromatic N) is 2. The predicted octanol–water partition coefficient (Wildman–Crippen LogP) is 1.54. The van der Waals surface area contributed by atoms with Crippen LogP contribution in [0.5, 0.6) is 0 Å². The van der Waals surface area contributed by atoms with E-state index in [-0.39, 0.29) is 17.9 Å². The van der Waals surface area contributed by atoms with E-state index in [0.29, 0.717) is 18.8 Å². The molecule has 21 heavy (non-hydrogen) atoms. The molecule has 0 saturated carbocycles. The van der Waals surface area contributed by atoms with Crippen LogP contribution >= 0.6 is 0 Å². The number of benzene rings is 1. The van der Waals surface area contributed by atoms with Crippen LogP contribution in [-0.4, -0.2) is 38.8 Å². The Morgan fingerprint density at radius 2 is 2.14 bits per heavy atom. The van der Waals surface area contributed by atoms with Gasteiger partial charge in [0.1, 0.15) is 0 Å². The molecule has 2 atom stereocenters. The minimum atomic E-state index is -0.155. The molecule has 0 radical (unpaired) electrons. The number of rotatable bonds is 5. The zero-order chi connectivity index (χ0) is 15.2. The fourth-order valence-electron chi connectivity index (χ4n) is 2.46. The normalized spacial score (nSPS) is 21.0. The van der Waals surface area contributed by atoms with Crippen LogP contribution in [0.25, 0.3) is 0 Å². The molecule has 1 aliphatic heterocycles. The van der Waals surface area contributed by atoms with Gasteiger partial charge in [-0.2, -0.15) is 5.26 Å². The van der Waals surface area contributed by atoms with E-state index in [1.165, 1.54) is 0 Å². The summed E-state index contributed by atoms with van der Waals surface area (Å²) in [5.74, 6) is -0.108. The molecular weight excluding hydrogens is 266 g/mol. The van der Waals surface area contributed by atoms with E-state index < -0.39 is 0 Å². The molecule has 1 aromatic rings. The third kappa shape index (κ3) is 3.60. The van der Waals surface area contributed by atoms with Gasteiger partial charge in [0, 0.05) is 18.8 Å². The number of nitriles is 1. The number of carbonyl (C=O) groups excluding carboxylic acids is 1. The zero-order valence-electron chi connectivity index (χ0n) is 12.5. The lowest BCUT2D eigenvalue weighted by Crippen LogP contribution is -2.45. The molecule has 2 unspecified atom stereocenters. The Morgan fingerprint density at radius 3 is 2.76 bits per heavy atom. The van der Waals surface area contributed by atoms with Crippen molar-refractivity contribution in [1.82, 2.24) is 5.32 Å². The van der Waals surface area contributed by atoms with Crippen LogP contribution in [0.3, 0.4) is 0 Å². The molecule has 0 aromatic heterocycles. The molecule has 1 fully saturated rings. The van der Waals surface area contributed by atoms with E-state index in [9.17, 15) is 4.79 Å². The van der Waals surface area contributed by atoms with Crippen LogP contribution in [0, 0.1) is 17.2 Å². The SMILES string of the molecule is CCCNC1COCC1C(=O)N(C)c1ccc(C#N)cc1. The van der Waals surface area contributed by atoms with Crippen LogP contribution in [0.2, 0.25) is 0 Å². The van der Waals surface area contributed by atoms with Gasteiger partial charge in [0.2, 0.25) is 5.91 Å².